The monoisotopic (exact) mass is 232 g/mol. The van der Waals surface area contributed by atoms with Crippen LogP contribution in [-0.4, -0.2) is 53.4 Å². The van der Waals surface area contributed by atoms with Crippen LogP contribution in [0.1, 0.15) is 13.3 Å². The third kappa shape index (κ3) is 3.42. The zero-order valence-corrected chi connectivity index (χ0v) is 10.8. The summed E-state index contributed by atoms with van der Waals surface area (Å²) in [6.45, 7) is 4.21. The molecule has 4 nitrogen and oxygen atoms in total. The first-order chi connectivity index (χ1) is 7.74. The van der Waals surface area contributed by atoms with Gasteiger partial charge in [0.05, 0.1) is 32.0 Å². The number of hydrogen-bond acceptors (Lipinski definition) is 4. The first kappa shape index (κ1) is 13.9. The van der Waals surface area contributed by atoms with Crippen molar-refractivity contribution < 1.29 is 18.9 Å². The molecule has 0 radical (unpaired) electrons. The van der Waals surface area contributed by atoms with Gasteiger partial charge in [-0.25, -0.2) is 0 Å². The minimum Gasteiger partial charge on any atom is -0.384 e. The minimum atomic E-state index is 0.145. The zero-order valence-electron chi connectivity index (χ0n) is 10.8. The van der Waals surface area contributed by atoms with E-state index in [0.29, 0.717) is 25.0 Å². The number of hydrogen-bond donors (Lipinski definition) is 0. The van der Waals surface area contributed by atoms with E-state index in [9.17, 15) is 0 Å². The van der Waals surface area contributed by atoms with Gasteiger partial charge in [-0.15, -0.1) is 0 Å². The molecule has 0 aliphatic heterocycles. The Balaban J connectivity index is 2.46. The Hall–Kier alpha value is -0.160. The molecular formula is C12H24O4. The van der Waals surface area contributed by atoms with Crippen molar-refractivity contribution >= 4 is 0 Å². The van der Waals surface area contributed by atoms with Crippen LogP contribution in [-0.2, 0) is 18.9 Å². The second-order valence-electron chi connectivity index (χ2n) is 4.46. The van der Waals surface area contributed by atoms with Crippen molar-refractivity contribution in [2.24, 2.45) is 11.8 Å². The van der Waals surface area contributed by atoms with Crippen LogP contribution in [0, 0.1) is 11.8 Å². The molecule has 4 atom stereocenters. The van der Waals surface area contributed by atoms with Gasteiger partial charge in [0.15, 0.2) is 0 Å². The van der Waals surface area contributed by atoms with E-state index in [-0.39, 0.29) is 12.2 Å². The first-order valence-corrected chi connectivity index (χ1v) is 5.86. The van der Waals surface area contributed by atoms with Gasteiger partial charge in [-0.3, -0.25) is 0 Å². The minimum absolute atomic E-state index is 0.145. The third-order valence-corrected chi connectivity index (χ3v) is 3.27. The molecule has 0 aromatic carbocycles. The lowest BCUT2D eigenvalue weighted by molar-refractivity contribution is -0.0814. The van der Waals surface area contributed by atoms with Crippen molar-refractivity contribution in [3.05, 3.63) is 0 Å². The van der Waals surface area contributed by atoms with Crippen LogP contribution in [0.4, 0.5) is 0 Å². The van der Waals surface area contributed by atoms with E-state index < -0.39 is 0 Å². The molecule has 4 heteroatoms. The van der Waals surface area contributed by atoms with Crippen molar-refractivity contribution in [1.29, 1.82) is 0 Å². The highest BCUT2D eigenvalue weighted by Gasteiger charge is 2.42. The highest BCUT2D eigenvalue weighted by Crippen LogP contribution is 2.35. The van der Waals surface area contributed by atoms with Crippen LogP contribution in [0.25, 0.3) is 0 Å². The highest BCUT2D eigenvalue weighted by atomic mass is 16.6. The molecule has 0 saturated heterocycles. The van der Waals surface area contributed by atoms with Gasteiger partial charge in [-0.05, 0) is 12.3 Å². The van der Waals surface area contributed by atoms with E-state index in [0.717, 1.165) is 13.0 Å². The van der Waals surface area contributed by atoms with Gasteiger partial charge < -0.3 is 18.9 Å². The Morgan fingerprint density at radius 3 is 2.31 bits per heavy atom. The molecule has 0 aromatic rings. The van der Waals surface area contributed by atoms with E-state index in [1.165, 1.54) is 0 Å². The Morgan fingerprint density at radius 2 is 1.75 bits per heavy atom. The van der Waals surface area contributed by atoms with Crippen LogP contribution in [0.5, 0.6) is 0 Å². The van der Waals surface area contributed by atoms with Gasteiger partial charge in [0.2, 0.25) is 0 Å². The SMILES string of the molecule is COCCO[C@H]1C(OC)[C@@H](COC)C[C@H]1C. The summed E-state index contributed by atoms with van der Waals surface area (Å²) < 4.78 is 21.6. The lowest BCUT2D eigenvalue weighted by Crippen LogP contribution is -2.34. The molecule has 0 N–H and O–H groups in total. The van der Waals surface area contributed by atoms with Crippen molar-refractivity contribution in [1.82, 2.24) is 0 Å². The topological polar surface area (TPSA) is 36.9 Å². The standard InChI is InChI=1S/C12H24O4/c1-9-7-10(8-14-3)12(15-4)11(9)16-6-5-13-2/h9-12H,5-8H2,1-4H3/t9-,10-,11-,12?/m1/s1. The molecule has 1 unspecified atom stereocenters. The summed E-state index contributed by atoms with van der Waals surface area (Å²) in [6, 6.07) is 0. The Morgan fingerprint density at radius 1 is 1.00 bits per heavy atom. The summed E-state index contributed by atoms with van der Waals surface area (Å²) >= 11 is 0. The maximum Gasteiger partial charge on any atom is 0.0885 e. The largest absolute Gasteiger partial charge is 0.384 e. The average Bonchev–Trinajstić information content (AvgIpc) is 2.56. The van der Waals surface area contributed by atoms with Gasteiger partial charge >= 0.3 is 0 Å². The lowest BCUT2D eigenvalue weighted by atomic mass is 10.1. The van der Waals surface area contributed by atoms with E-state index in [4.69, 9.17) is 18.9 Å². The summed E-state index contributed by atoms with van der Waals surface area (Å²) in [5, 5.41) is 0. The van der Waals surface area contributed by atoms with Crippen LogP contribution in [0.3, 0.4) is 0 Å². The molecule has 0 heterocycles. The molecule has 1 aliphatic rings. The van der Waals surface area contributed by atoms with Gasteiger partial charge in [-0.1, -0.05) is 6.92 Å². The van der Waals surface area contributed by atoms with Gasteiger partial charge in [-0.2, -0.15) is 0 Å². The van der Waals surface area contributed by atoms with Gasteiger partial charge in [0, 0.05) is 27.2 Å². The second-order valence-corrected chi connectivity index (χ2v) is 4.46. The van der Waals surface area contributed by atoms with E-state index in [1.807, 2.05) is 0 Å². The molecule has 1 fully saturated rings. The predicted octanol–water partition coefficient (Wildman–Crippen LogP) is 1.34. The van der Waals surface area contributed by atoms with E-state index >= 15 is 0 Å². The second kappa shape index (κ2) is 7.22. The summed E-state index contributed by atoms with van der Waals surface area (Å²) in [6.07, 6.45) is 1.41. The molecule has 0 aromatic heterocycles. The normalized spacial score (nSPS) is 34.5. The summed E-state index contributed by atoms with van der Waals surface area (Å²) in [7, 11) is 5.16. The average molecular weight is 232 g/mol. The lowest BCUT2D eigenvalue weighted by Gasteiger charge is -2.24. The molecule has 1 aliphatic carbocycles. The molecule has 1 rings (SSSR count). The quantitative estimate of drug-likeness (QED) is 0.621. The number of methoxy groups -OCH3 is 3. The summed E-state index contributed by atoms with van der Waals surface area (Å²) in [5.74, 6) is 0.958. The fourth-order valence-corrected chi connectivity index (χ4v) is 2.57. The van der Waals surface area contributed by atoms with Crippen molar-refractivity contribution in [2.75, 3.05) is 41.2 Å². The molecule has 0 spiro atoms. The molecule has 1 saturated carbocycles. The third-order valence-electron chi connectivity index (χ3n) is 3.27. The fraction of sp³-hybridized carbons (Fsp3) is 1.00. The summed E-state index contributed by atoms with van der Waals surface area (Å²) in [4.78, 5) is 0. The van der Waals surface area contributed by atoms with Crippen LogP contribution >= 0.6 is 0 Å². The Labute approximate surface area is 98.2 Å². The first-order valence-electron chi connectivity index (χ1n) is 5.86. The Kier molecular flexibility index (Phi) is 6.28. The van der Waals surface area contributed by atoms with Gasteiger partial charge in [0.1, 0.15) is 0 Å². The van der Waals surface area contributed by atoms with Crippen molar-refractivity contribution in [3.63, 3.8) is 0 Å². The smallest absolute Gasteiger partial charge is 0.0885 e. The molecular weight excluding hydrogens is 208 g/mol. The maximum atomic E-state index is 5.83. The number of ether oxygens (including phenoxy) is 4. The van der Waals surface area contributed by atoms with Crippen molar-refractivity contribution in [2.45, 2.75) is 25.6 Å². The molecule has 0 amide bonds. The number of rotatable bonds is 7. The molecule has 0 bridgehead atoms. The van der Waals surface area contributed by atoms with Crippen LogP contribution in [0.2, 0.25) is 0 Å². The molecule has 16 heavy (non-hydrogen) atoms. The summed E-state index contributed by atoms with van der Waals surface area (Å²) in [5.41, 5.74) is 0. The zero-order chi connectivity index (χ0) is 12.0. The highest BCUT2D eigenvalue weighted by molar-refractivity contribution is 4.91. The van der Waals surface area contributed by atoms with E-state index in [1.54, 1.807) is 21.3 Å². The van der Waals surface area contributed by atoms with E-state index in [2.05, 4.69) is 6.92 Å². The molecule has 96 valence electrons. The van der Waals surface area contributed by atoms with Crippen LogP contribution in [0.15, 0.2) is 0 Å². The van der Waals surface area contributed by atoms with Crippen LogP contribution < -0.4 is 0 Å². The predicted molar refractivity (Wildman–Crippen MR) is 61.6 cm³/mol. The van der Waals surface area contributed by atoms with Crippen molar-refractivity contribution in [3.8, 4) is 0 Å². The Bertz CT molecular complexity index is 186. The fourth-order valence-electron chi connectivity index (χ4n) is 2.57. The van der Waals surface area contributed by atoms with Gasteiger partial charge in [0.25, 0.3) is 0 Å². The maximum absolute atomic E-state index is 5.83.